The van der Waals surface area contributed by atoms with Gasteiger partial charge in [0.05, 0.1) is 20.9 Å². The van der Waals surface area contributed by atoms with Crippen molar-refractivity contribution in [3.63, 3.8) is 0 Å². The van der Waals surface area contributed by atoms with Crippen LogP contribution >= 0.6 is 34.2 Å². The lowest BCUT2D eigenvalue weighted by molar-refractivity contribution is -0.118. The first-order valence-electron chi connectivity index (χ1n) is 10.5. The number of hydrogen-bond donors (Lipinski definition) is 2. The number of rotatable bonds is 9. The predicted molar refractivity (Wildman–Crippen MR) is 145 cm³/mol. The molecule has 0 saturated heterocycles. The molecule has 0 aliphatic carbocycles. The Morgan fingerprint density at radius 2 is 1.77 bits per heavy atom. The van der Waals surface area contributed by atoms with E-state index in [1.165, 1.54) is 6.08 Å². The zero-order valence-corrected chi connectivity index (χ0v) is 21.6. The fourth-order valence-corrected chi connectivity index (χ4v) is 3.96. The van der Waals surface area contributed by atoms with Crippen LogP contribution in [-0.2, 0) is 9.59 Å². The van der Waals surface area contributed by atoms with Gasteiger partial charge in [-0.15, -0.1) is 0 Å². The molecule has 0 fully saturated rings. The van der Waals surface area contributed by atoms with E-state index in [1.807, 2.05) is 19.1 Å². The Morgan fingerprint density at radius 3 is 2.46 bits per heavy atom. The molecule has 7 nitrogen and oxygen atoms in total. The van der Waals surface area contributed by atoms with Crippen LogP contribution in [0.25, 0.3) is 6.08 Å². The SMILES string of the molecule is CCOc1cc(/C=C(\C#N)C(=O)Nc2ccccc2)cc(I)c1OCC(=O)Nc1ccccc1Cl. The van der Waals surface area contributed by atoms with Gasteiger partial charge in [0.15, 0.2) is 18.1 Å². The summed E-state index contributed by atoms with van der Waals surface area (Å²) in [5.41, 5.74) is 1.58. The Balaban J connectivity index is 1.77. The fourth-order valence-electron chi connectivity index (χ4n) is 3.00. The van der Waals surface area contributed by atoms with E-state index in [0.29, 0.717) is 43.6 Å². The quantitative estimate of drug-likeness (QED) is 0.181. The Bertz CT molecular complexity index is 1290. The molecule has 0 aromatic heterocycles. The van der Waals surface area contributed by atoms with Gasteiger partial charge in [0.2, 0.25) is 0 Å². The van der Waals surface area contributed by atoms with E-state index in [0.717, 1.165) is 0 Å². The molecular formula is C26H21ClIN3O4. The molecule has 0 radical (unpaired) electrons. The van der Waals surface area contributed by atoms with E-state index >= 15 is 0 Å². The molecule has 0 atom stereocenters. The molecule has 2 amide bonds. The molecule has 0 spiro atoms. The number of anilines is 2. The number of carbonyl (C=O) groups is 2. The van der Waals surface area contributed by atoms with Crippen LogP contribution in [0.5, 0.6) is 11.5 Å². The number of nitrogens with one attached hydrogen (secondary N) is 2. The maximum atomic E-state index is 12.5. The topological polar surface area (TPSA) is 100 Å². The molecule has 3 aromatic carbocycles. The van der Waals surface area contributed by atoms with Crippen molar-refractivity contribution in [3.8, 4) is 17.6 Å². The van der Waals surface area contributed by atoms with E-state index in [9.17, 15) is 14.9 Å². The average Bonchev–Trinajstić information content (AvgIpc) is 2.84. The highest BCUT2D eigenvalue weighted by Crippen LogP contribution is 2.35. The van der Waals surface area contributed by atoms with Gasteiger partial charge in [-0.3, -0.25) is 9.59 Å². The molecule has 0 aliphatic heterocycles. The molecule has 3 aromatic rings. The van der Waals surface area contributed by atoms with Crippen molar-refractivity contribution >= 4 is 63.5 Å². The van der Waals surface area contributed by atoms with Crippen LogP contribution in [-0.4, -0.2) is 25.0 Å². The summed E-state index contributed by atoms with van der Waals surface area (Å²) in [5, 5.41) is 15.3. The number of amides is 2. The summed E-state index contributed by atoms with van der Waals surface area (Å²) in [7, 11) is 0. The van der Waals surface area contributed by atoms with E-state index in [4.69, 9.17) is 21.1 Å². The Morgan fingerprint density at radius 1 is 1.06 bits per heavy atom. The minimum Gasteiger partial charge on any atom is -0.490 e. The average molecular weight is 602 g/mol. The van der Waals surface area contributed by atoms with Gasteiger partial charge in [0.1, 0.15) is 11.6 Å². The molecule has 3 rings (SSSR count). The summed E-state index contributed by atoms with van der Waals surface area (Å²) in [5.74, 6) is -0.143. The van der Waals surface area contributed by atoms with Crippen LogP contribution < -0.4 is 20.1 Å². The van der Waals surface area contributed by atoms with Crippen molar-refractivity contribution < 1.29 is 19.1 Å². The molecule has 0 saturated carbocycles. The summed E-state index contributed by atoms with van der Waals surface area (Å²) >= 11 is 8.13. The Labute approximate surface area is 221 Å². The van der Waals surface area contributed by atoms with Crippen molar-refractivity contribution in [1.82, 2.24) is 0 Å². The number of para-hydroxylation sites is 2. The largest absolute Gasteiger partial charge is 0.490 e. The lowest BCUT2D eigenvalue weighted by Crippen LogP contribution is -2.21. The maximum Gasteiger partial charge on any atom is 0.266 e. The van der Waals surface area contributed by atoms with Gasteiger partial charge in [-0.2, -0.15) is 5.26 Å². The maximum absolute atomic E-state index is 12.5. The van der Waals surface area contributed by atoms with Crippen molar-refractivity contribution in [2.24, 2.45) is 0 Å². The molecule has 2 N–H and O–H groups in total. The molecule has 0 heterocycles. The number of nitriles is 1. The summed E-state index contributed by atoms with van der Waals surface area (Å²) in [6.45, 7) is 1.90. The minimum atomic E-state index is -0.525. The van der Waals surface area contributed by atoms with Crippen LogP contribution in [0.4, 0.5) is 11.4 Å². The smallest absolute Gasteiger partial charge is 0.266 e. The van der Waals surface area contributed by atoms with Gasteiger partial charge >= 0.3 is 0 Å². The van der Waals surface area contributed by atoms with Crippen molar-refractivity contribution in [2.75, 3.05) is 23.8 Å². The minimum absolute atomic E-state index is 0.0695. The number of hydrogen-bond acceptors (Lipinski definition) is 5. The first-order chi connectivity index (χ1) is 16.9. The lowest BCUT2D eigenvalue weighted by Gasteiger charge is -2.15. The van der Waals surface area contributed by atoms with Gasteiger partial charge < -0.3 is 20.1 Å². The third kappa shape index (κ3) is 7.47. The highest BCUT2D eigenvalue weighted by atomic mass is 127. The van der Waals surface area contributed by atoms with Gasteiger partial charge in [-0.05, 0) is 77.6 Å². The van der Waals surface area contributed by atoms with Crippen molar-refractivity contribution in [2.45, 2.75) is 6.92 Å². The van der Waals surface area contributed by atoms with E-state index in [2.05, 4.69) is 33.2 Å². The summed E-state index contributed by atoms with van der Waals surface area (Å²) < 4.78 is 12.1. The van der Waals surface area contributed by atoms with Crippen LogP contribution in [0, 0.1) is 14.9 Å². The first kappa shape index (κ1) is 26.1. The second-order valence-corrected chi connectivity index (χ2v) is 8.64. The highest BCUT2D eigenvalue weighted by molar-refractivity contribution is 14.1. The second-order valence-electron chi connectivity index (χ2n) is 7.07. The number of nitrogens with zero attached hydrogens (tertiary/aromatic N) is 1. The highest BCUT2D eigenvalue weighted by Gasteiger charge is 2.16. The monoisotopic (exact) mass is 601 g/mol. The standard InChI is InChI=1S/C26H21ClIN3O4/c1-2-34-23-14-17(12-18(15-29)26(33)30-19-8-4-3-5-9-19)13-21(28)25(23)35-16-24(32)31-22-11-7-6-10-20(22)27/h3-14H,2,16H2,1H3,(H,30,33)(H,31,32)/b18-12+. The second kappa shape index (κ2) is 12.8. The van der Waals surface area contributed by atoms with Crippen LogP contribution in [0.1, 0.15) is 12.5 Å². The van der Waals surface area contributed by atoms with E-state index in [1.54, 1.807) is 60.7 Å². The number of benzene rings is 3. The van der Waals surface area contributed by atoms with Gasteiger partial charge in [-0.1, -0.05) is 41.9 Å². The van der Waals surface area contributed by atoms with E-state index in [-0.39, 0.29) is 18.1 Å². The molecule has 0 aliphatic rings. The van der Waals surface area contributed by atoms with Gasteiger partial charge in [0, 0.05) is 5.69 Å². The fraction of sp³-hybridized carbons (Fsp3) is 0.115. The van der Waals surface area contributed by atoms with Gasteiger partial charge in [0.25, 0.3) is 11.8 Å². The zero-order chi connectivity index (χ0) is 25.2. The molecular weight excluding hydrogens is 581 g/mol. The first-order valence-corrected chi connectivity index (χ1v) is 12.0. The molecule has 0 unspecified atom stereocenters. The van der Waals surface area contributed by atoms with Crippen LogP contribution in [0.15, 0.2) is 72.3 Å². The number of ether oxygens (including phenoxy) is 2. The third-order valence-corrected chi connectivity index (χ3v) is 5.67. The summed E-state index contributed by atoms with van der Waals surface area (Å²) in [6.07, 6.45) is 1.47. The van der Waals surface area contributed by atoms with Crippen molar-refractivity contribution in [1.29, 1.82) is 5.26 Å². The predicted octanol–water partition coefficient (Wildman–Crippen LogP) is 5.91. The zero-order valence-electron chi connectivity index (χ0n) is 18.7. The van der Waals surface area contributed by atoms with Crippen LogP contribution in [0.3, 0.4) is 0 Å². The summed E-state index contributed by atoms with van der Waals surface area (Å²) in [4.78, 5) is 24.9. The summed E-state index contributed by atoms with van der Waals surface area (Å²) in [6, 6.07) is 21.1. The third-order valence-electron chi connectivity index (χ3n) is 4.53. The molecule has 0 bridgehead atoms. The van der Waals surface area contributed by atoms with Gasteiger partial charge in [-0.25, -0.2) is 0 Å². The van der Waals surface area contributed by atoms with Crippen molar-refractivity contribution in [3.05, 3.63) is 86.5 Å². The Hall–Kier alpha value is -3.55. The van der Waals surface area contributed by atoms with Crippen LogP contribution in [0.2, 0.25) is 5.02 Å². The number of carbonyl (C=O) groups excluding carboxylic acids is 2. The molecule has 35 heavy (non-hydrogen) atoms. The Kier molecular flexibility index (Phi) is 9.52. The molecule has 9 heteroatoms. The lowest BCUT2D eigenvalue weighted by atomic mass is 10.1. The normalized spacial score (nSPS) is 10.7. The number of halogens is 2. The van der Waals surface area contributed by atoms with E-state index < -0.39 is 5.91 Å². The molecule has 178 valence electrons.